The predicted octanol–water partition coefficient (Wildman–Crippen LogP) is 9.00. The maximum atomic E-state index is 6.47. The van der Waals surface area contributed by atoms with E-state index in [0.717, 1.165) is 76.2 Å². The number of aryl methyl sites for hydroxylation is 1. The molecule has 2 heterocycles. The van der Waals surface area contributed by atoms with Gasteiger partial charge >= 0.3 is 0 Å². The van der Waals surface area contributed by atoms with Crippen molar-refractivity contribution < 1.29 is 0 Å². The second-order valence-corrected chi connectivity index (χ2v) is 10.5. The minimum absolute atomic E-state index is 0.614. The Morgan fingerprint density at radius 2 is 1.76 bits per heavy atom. The summed E-state index contributed by atoms with van der Waals surface area (Å²) in [4.78, 5) is 11.0. The molecule has 0 bridgehead atoms. The first-order valence-electron chi connectivity index (χ1n) is 15.8. The molecule has 0 spiro atoms. The van der Waals surface area contributed by atoms with Gasteiger partial charge in [-0.25, -0.2) is 4.98 Å². The van der Waals surface area contributed by atoms with Crippen LogP contribution in [0.25, 0.3) is 11.3 Å². The number of benzene rings is 2. The van der Waals surface area contributed by atoms with Crippen molar-refractivity contribution in [2.45, 2.75) is 59.8 Å². The van der Waals surface area contributed by atoms with E-state index in [1.54, 1.807) is 0 Å². The fraction of sp³-hybridized carbons (Fsp3) is 0.275. The van der Waals surface area contributed by atoms with Crippen LogP contribution in [-0.4, -0.2) is 28.0 Å². The van der Waals surface area contributed by atoms with Crippen molar-refractivity contribution >= 4 is 17.0 Å². The number of piperidine rings is 1. The molecule has 1 fully saturated rings. The monoisotopic (exact) mass is 601 g/mol. The van der Waals surface area contributed by atoms with Gasteiger partial charge in [-0.2, -0.15) is 0 Å². The summed E-state index contributed by atoms with van der Waals surface area (Å²) in [6.45, 7) is 22.4. The number of likely N-dealkylation sites (tertiary alicyclic amines) is 1. The molecule has 4 rings (SSSR count). The molecule has 4 N–H and O–H groups in total. The molecule has 0 amide bonds. The molecule has 0 atom stereocenters. The van der Waals surface area contributed by atoms with Gasteiger partial charge in [-0.3, -0.25) is 0 Å². The Kier molecular flexibility index (Phi) is 15.6. The number of rotatable bonds is 12. The first-order valence-corrected chi connectivity index (χ1v) is 15.8. The standard InChI is InChI=1S/C36H43N5.C2H6.C2H2/c1-6-15-34(41-20-13-10-14-21-41)36-27(5)39-35(40-36)25-31-23-30(18-19-33(31)37)29(7-2)24-32(8-3)38-26(4)22-28-16-11-9-12-17-28;2*1-2/h6-9,11-12,15-19,23-24,38H,1,3-4,10,13-14,20-22,25,37H2,2,5H3,(H,39,40);1-2H3;1-2H/b29-7+,32-24+,34-15+;;. The molecular formula is C40H51N5. The minimum Gasteiger partial charge on any atom is -0.398 e. The number of nitrogen functional groups attached to an aromatic ring is 1. The highest BCUT2D eigenvalue weighted by atomic mass is 15.2. The lowest BCUT2D eigenvalue weighted by Gasteiger charge is -2.30. The number of H-pyrrole nitrogens is 1. The molecule has 2 aromatic carbocycles. The van der Waals surface area contributed by atoms with Crippen LogP contribution in [0, 0.1) is 19.8 Å². The Labute approximate surface area is 272 Å². The fourth-order valence-corrected chi connectivity index (χ4v) is 5.29. The molecule has 1 aromatic heterocycles. The van der Waals surface area contributed by atoms with Crippen molar-refractivity contribution in [1.82, 2.24) is 20.2 Å². The zero-order valence-electron chi connectivity index (χ0n) is 27.7. The number of hydrogen-bond donors (Lipinski definition) is 3. The van der Waals surface area contributed by atoms with Gasteiger partial charge in [0.2, 0.25) is 0 Å². The lowest BCUT2D eigenvalue weighted by atomic mass is 9.99. The van der Waals surface area contributed by atoms with Gasteiger partial charge in [0, 0.05) is 48.7 Å². The molecule has 0 saturated carbocycles. The van der Waals surface area contributed by atoms with E-state index in [0.29, 0.717) is 6.42 Å². The lowest BCUT2D eigenvalue weighted by Crippen LogP contribution is -2.28. The molecule has 3 aromatic rings. The van der Waals surface area contributed by atoms with E-state index in [9.17, 15) is 0 Å². The van der Waals surface area contributed by atoms with Crippen LogP contribution in [0.5, 0.6) is 0 Å². The average Bonchev–Trinajstić information content (AvgIpc) is 3.44. The number of nitrogens with two attached hydrogens (primary N) is 1. The Morgan fingerprint density at radius 1 is 1.07 bits per heavy atom. The van der Waals surface area contributed by atoms with Crippen LogP contribution < -0.4 is 11.1 Å². The topological polar surface area (TPSA) is 70.0 Å². The van der Waals surface area contributed by atoms with Crippen LogP contribution >= 0.6 is 0 Å². The van der Waals surface area contributed by atoms with Crippen molar-refractivity contribution in [2.24, 2.45) is 0 Å². The molecule has 0 unspecified atom stereocenters. The van der Waals surface area contributed by atoms with Gasteiger partial charge in [-0.15, -0.1) is 12.8 Å². The summed E-state index contributed by atoms with van der Waals surface area (Å²) in [6.07, 6.45) is 23.0. The quantitative estimate of drug-likeness (QED) is 0.110. The van der Waals surface area contributed by atoms with Crippen molar-refractivity contribution in [1.29, 1.82) is 0 Å². The second kappa shape index (κ2) is 19.4. The average molecular weight is 602 g/mol. The van der Waals surface area contributed by atoms with Crippen LogP contribution in [0.4, 0.5) is 5.69 Å². The number of aromatic amines is 1. The summed E-state index contributed by atoms with van der Waals surface area (Å²) in [5, 5.41) is 3.42. The number of hydrogen-bond acceptors (Lipinski definition) is 4. The van der Waals surface area contributed by atoms with Crippen molar-refractivity contribution in [3.63, 3.8) is 0 Å². The number of nitrogens with one attached hydrogen (secondary N) is 2. The maximum Gasteiger partial charge on any atom is 0.111 e. The molecule has 5 heteroatoms. The van der Waals surface area contributed by atoms with E-state index in [1.165, 1.54) is 24.8 Å². The van der Waals surface area contributed by atoms with Crippen LogP contribution in [0.3, 0.4) is 0 Å². The maximum absolute atomic E-state index is 6.47. The third kappa shape index (κ3) is 10.6. The Bertz CT molecular complexity index is 1510. The summed E-state index contributed by atoms with van der Waals surface area (Å²) < 4.78 is 0. The zero-order chi connectivity index (χ0) is 33.2. The highest BCUT2D eigenvalue weighted by molar-refractivity contribution is 5.76. The molecule has 0 radical (unpaired) electrons. The Balaban J connectivity index is 0.00000169. The normalized spacial score (nSPS) is 13.5. The van der Waals surface area contributed by atoms with E-state index in [-0.39, 0.29) is 0 Å². The van der Waals surface area contributed by atoms with Gasteiger partial charge in [0.05, 0.1) is 5.70 Å². The molecular weight excluding hydrogens is 550 g/mol. The first-order chi connectivity index (χ1) is 21.9. The molecule has 45 heavy (non-hydrogen) atoms. The first kappa shape index (κ1) is 36.2. The van der Waals surface area contributed by atoms with Crippen molar-refractivity contribution in [2.75, 3.05) is 18.8 Å². The van der Waals surface area contributed by atoms with Crippen LogP contribution in [0.2, 0.25) is 0 Å². The van der Waals surface area contributed by atoms with E-state index in [2.05, 4.69) is 97.2 Å². The van der Waals surface area contributed by atoms with Crippen LogP contribution in [-0.2, 0) is 12.8 Å². The van der Waals surface area contributed by atoms with E-state index in [4.69, 9.17) is 10.7 Å². The predicted molar refractivity (Wildman–Crippen MR) is 196 cm³/mol. The largest absolute Gasteiger partial charge is 0.398 e. The molecule has 1 aliphatic heterocycles. The van der Waals surface area contributed by atoms with Crippen molar-refractivity contribution in [3.8, 4) is 12.8 Å². The number of nitrogens with zero attached hydrogens (tertiary/aromatic N) is 2. The Morgan fingerprint density at radius 3 is 2.38 bits per heavy atom. The van der Waals surface area contributed by atoms with Crippen LogP contribution in [0.1, 0.15) is 73.9 Å². The van der Waals surface area contributed by atoms with E-state index in [1.807, 2.05) is 57.2 Å². The molecule has 1 aliphatic rings. The summed E-state index contributed by atoms with van der Waals surface area (Å²) in [7, 11) is 0. The van der Waals surface area contributed by atoms with E-state index < -0.39 is 0 Å². The van der Waals surface area contributed by atoms with Crippen LogP contribution in [0.15, 0.2) is 110 Å². The number of terminal acetylenes is 1. The summed E-state index contributed by atoms with van der Waals surface area (Å²) in [5.41, 5.74) is 16.6. The van der Waals surface area contributed by atoms with Gasteiger partial charge in [-0.05, 0) is 85.7 Å². The number of anilines is 1. The van der Waals surface area contributed by atoms with Gasteiger partial charge in [0.1, 0.15) is 11.5 Å². The van der Waals surface area contributed by atoms with Gasteiger partial charge in [0.25, 0.3) is 0 Å². The Hall–Kier alpha value is -4.95. The summed E-state index contributed by atoms with van der Waals surface area (Å²) >= 11 is 0. The third-order valence-electron chi connectivity index (χ3n) is 7.41. The molecule has 0 aliphatic carbocycles. The molecule has 236 valence electrons. The highest BCUT2D eigenvalue weighted by Crippen LogP contribution is 2.28. The third-order valence-corrected chi connectivity index (χ3v) is 7.41. The second-order valence-electron chi connectivity index (χ2n) is 10.5. The smallest absolute Gasteiger partial charge is 0.111 e. The van der Waals surface area contributed by atoms with E-state index >= 15 is 0 Å². The fourth-order valence-electron chi connectivity index (χ4n) is 5.29. The van der Waals surface area contributed by atoms with Crippen molar-refractivity contribution in [3.05, 3.63) is 144 Å². The van der Waals surface area contributed by atoms with Gasteiger partial charge in [-0.1, -0.05) is 82.1 Å². The number of imidazole rings is 1. The number of allylic oxidation sites excluding steroid dienone is 7. The SMILES string of the molecule is C#C.C=C/C=C(\c1nc(Cc2cc(C(/C=C(\C=C)NC(=C)Cc3ccccc3)=C/C)ccc2N)[nH]c1C)N1CCCCC1.CC. The minimum atomic E-state index is 0.614. The summed E-state index contributed by atoms with van der Waals surface area (Å²) in [5.74, 6) is 0.900. The lowest BCUT2D eigenvalue weighted by molar-refractivity contribution is 0.325. The zero-order valence-corrected chi connectivity index (χ0v) is 27.7. The van der Waals surface area contributed by atoms with Gasteiger partial charge in [0.15, 0.2) is 0 Å². The molecule has 5 nitrogen and oxygen atoms in total. The summed E-state index contributed by atoms with van der Waals surface area (Å²) in [6, 6.07) is 16.5. The van der Waals surface area contributed by atoms with Gasteiger partial charge < -0.3 is 20.9 Å². The molecule has 1 saturated heterocycles. The highest BCUT2D eigenvalue weighted by Gasteiger charge is 2.20. The number of aromatic nitrogens is 2.